The van der Waals surface area contributed by atoms with Gasteiger partial charge in [0.25, 0.3) is 0 Å². The number of benzene rings is 1. The van der Waals surface area contributed by atoms with Crippen LogP contribution in [0.25, 0.3) is 0 Å². The highest BCUT2D eigenvalue weighted by Crippen LogP contribution is 2.15. The molecule has 0 radical (unpaired) electrons. The minimum atomic E-state index is -0.459. The Hall–Kier alpha value is -3.54. The number of carbonyl (C=O) groups excluding carboxylic acids is 2. The van der Waals surface area contributed by atoms with Crippen LogP contribution in [0.1, 0.15) is 137 Å². The van der Waals surface area contributed by atoms with Crippen molar-refractivity contribution in [2.24, 2.45) is 0 Å². The van der Waals surface area contributed by atoms with E-state index in [0.717, 1.165) is 25.9 Å². The van der Waals surface area contributed by atoms with Gasteiger partial charge in [0, 0.05) is 25.0 Å². The van der Waals surface area contributed by atoms with Gasteiger partial charge in [-0.25, -0.2) is 18.7 Å². The molecule has 0 aliphatic rings. The monoisotopic (exact) mass is 602 g/mol. The summed E-state index contributed by atoms with van der Waals surface area (Å²) in [6.07, 6.45) is 28.1. The molecular formula is C38H54N2O4+2. The lowest BCUT2D eigenvalue weighted by Crippen LogP contribution is -2.33. The minimum absolute atomic E-state index is 0.378. The zero-order valence-corrected chi connectivity index (χ0v) is 27.2. The van der Waals surface area contributed by atoms with Crippen LogP contribution in [0.4, 0.5) is 0 Å². The second-order valence-electron chi connectivity index (χ2n) is 11.9. The number of hydrogen-bond donors (Lipinski definition) is 0. The summed E-state index contributed by atoms with van der Waals surface area (Å²) in [5.74, 6) is 0.0921. The Balaban J connectivity index is 1.40. The number of carbonyl (C=O) groups is 2. The lowest BCUT2D eigenvalue weighted by molar-refractivity contribution is -0.697. The molecule has 0 saturated carbocycles. The van der Waals surface area contributed by atoms with Crippen LogP contribution in [0.3, 0.4) is 0 Å². The molecule has 0 unspecified atom stereocenters. The van der Waals surface area contributed by atoms with Crippen molar-refractivity contribution in [3.8, 4) is 11.5 Å². The van der Waals surface area contributed by atoms with Gasteiger partial charge in [0.2, 0.25) is 12.4 Å². The molecule has 0 atom stereocenters. The fraction of sp³-hybridized carbons (Fsp3) is 0.526. The maximum atomic E-state index is 12.8. The normalized spacial score (nSPS) is 11.0. The molecule has 0 amide bonds. The summed E-state index contributed by atoms with van der Waals surface area (Å²) in [4.78, 5) is 25.6. The summed E-state index contributed by atoms with van der Waals surface area (Å²) in [5, 5.41) is 0. The summed E-state index contributed by atoms with van der Waals surface area (Å²) in [6, 6.07) is 13.8. The zero-order chi connectivity index (χ0) is 31.2. The molecule has 0 aliphatic carbocycles. The van der Waals surface area contributed by atoms with Crippen LogP contribution < -0.4 is 18.6 Å². The zero-order valence-electron chi connectivity index (χ0n) is 27.2. The van der Waals surface area contributed by atoms with E-state index in [-0.39, 0.29) is 0 Å². The maximum Gasteiger partial charge on any atom is 0.343 e. The number of rotatable bonds is 22. The van der Waals surface area contributed by atoms with Crippen molar-refractivity contribution in [2.45, 2.75) is 130 Å². The van der Waals surface area contributed by atoms with Gasteiger partial charge in [-0.1, -0.05) is 90.9 Å². The van der Waals surface area contributed by atoms with Crippen molar-refractivity contribution in [2.75, 3.05) is 0 Å². The van der Waals surface area contributed by atoms with E-state index in [2.05, 4.69) is 23.0 Å². The van der Waals surface area contributed by atoms with Gasteiger partial charge in [-0.2, -0.15) is 0 Å². The molecule has 6 nitrogen and oxygen atoms in total. The summed E-state index contributed by atoms with van der Waals surface area (Å²) in [6.45, 7) is 6.29. The Labute approximate surface area is 265 Å². The molecule has 2 heterocycles. The number of aryl methyl sites for hydroxylation is 2. The van der Waals surface area contributed by atoms with Gasteiger partial charge in [-0.3, -0.25) is 0 Å². The average Bonchev–Trinajstić information content (AvgIpc) is 3.04. The predicted molar refractivity (Wildman–Crippen MR) is 175 cm³/mol. The molecule has 1 aromatic carbocycles. The summed E-state index contributed by atoms with van der Waals surface area (Å²) >= 11 is 0. The van der Waals surface area contributed by atoms with Crippen molar-refractivity contribution in [3.05, 3.63) is 84.4 Å². The maximum absolute atomic E-state index is 12.8. The third kappa shape index (κ3) is 13.8. The van der Waals surface area contributed by atoms with Gasteiger partial charge in [0.15, 0.2) is 23.9 Å². The minimum Gasteiger partial charge on any atom is -0.417 e. The van der Waals surface area contributed by atoms with Crippen LogP contribution >= 0.6 is 0 Å². The Bertz CT molecular complexity index is 1150. The molecule has 2 aromatic heterocycles. The van der Waals surface area contributed by atoms with Crippen LogP contribution in [0.2, 0.25) is 0 Å². The van der Waals surface area contributed by atoms with Crippen LogP contribution in [0, 0.1) is 0 Å². The van der Waals surface area contributed by atoms with Crippen molar-refractivity contribution >= 4 is 11.9 Å². The van der Waals surface area contributed by atoms with E-state index in [0.29, 0.717) is 22.6 Å². The van der Waals surface area contributed by atoms with Crippen LogP contribution in [-0.4, -0.2) is 11.9 Å². The van der Waals surface area contributed by atoms with Gasteiger partial charge >= 0.3 is 11.9 Å². The SMILES string of the molecule is CCCCCCCCCC[n+]1cccc(OC(=O)c2ccc(C(=O)Oc3ccc[n+](CCCCCCCCCC)c3)cc2)c1. The van der Waals surface area contributed by atoms with Crippen molar-refractivity contribution in [3.63, 3.8) is 0 Å². The van der Waals surface area contributed by atoms with Crippen molar-refractivity contribution < 1.29 is 28.2 Å². The molecule has 44 heavy (non-hydrogen) atoms. The number of ether oxygens (including phenoxy) is 2. The first-order valence-electron chi connectivity index (χ1n) is 17.1. The smallest absolute Gasteiger partial charge is 0.343 e. The van der Waals surface area contributed by atoms with Crippen LogP contribution in [0.5, 0.6) is 11.5 Å². The highest BCUT2D eigenvalue weighted by atomic mass is 16.5. The summed E-state index contributed by atoms with van der Waals surface area (Å²) in [5.41, 5.74) is 0.755. The largest absolute Gasteiger partial charge is 0.417 e. The lowest BCUT2D eigenvalue weighted by atomic mass is 10.1. The number of nitrogens with zero attached hydrogens (tertiary/aromatic N) is 2. The highest BCUT2D eigenvalue weighted by molar-refractivity contribution is 5.94. The second kappa shape index (κ2) is 21.2. The van der Waals surface area contributed by atoms with Gasteiger partial charge in [-0.05, 0) is 49.2 Å². The van der Waals surface area contributed by atoms with E-state index in [4.69, 9.17) is 9.47 Å². The predicted octanol–water partition coefficient (Wildman–Crippen LogP) is 8.98. The molecule has 0 fully saturated rings. The quantitative estimate of drug-likeness (QED) is 0.0654. The third-order valence-electron chi connectivity index (χ3n) is 7.98. The second-order valence-corrected chi connectivity index (χ2v) is 11.9. The molecular weight excluding hydrogens is 548 g/mol. The van der Waals surface area contributed by atoms with Crippen LogP contribution in [-0.2, 0) is 13.1 Å². The average molecular weight is 603 g/mol. The number of hydrogen-bond acceptors (Lipinski definition) is 4. The van der Waals surface area contributed by atoms with E-state index in [9.17, 15) is 9.59 Å². The van der Waals surface area contributed by atoms with E-state index >= 15 is 0 Å². The highest BCUT2D eigenvalue weighted by Gasteiger charge is 2.15. The topological polar surface area (TPSA) is 60.4 Å². The first kappa shape index (κ1) is 34.9. The Morgan fingerprint density at radius 1 is 0.500 bits per heavy atom. The number of esters is 2. The van der Waals surface area contributed by atoms with E-state index in [1.54, 1.807) is 36.4 Å². The molecule has 0 saturated heterocycles. The van der Waals surface area contributed by atoms with Gasteiger partial charge in [0.1, 0.15) is 13.1 Å². The molecule has 6 heteroatoms. The number of pyridine rings is 2. The van der Waals surface area contributed by atoms with E-state index in [1.807, 2.05) is 36.9 Å². The Morgan fingerprint density at radius 3 is 1.20 bits per heavy atom. The van der Waals surface area contributed by atoms with Gasteiger partial charge in [-0.15, -0.1) is 0 Å². The van der Waals surface area contributed by atoms with Gasteiger partial charge in [0.05, 0.1) is 11.1 Å². The number of unbranched alkanes of at least 4 members (excludes halogenated alkanes) is 14. The molecule has 0 aliphatic heterocycles. The molecule has 0 bridgehead atoms. The molecule has 0 spiro atoms. The fourth-order valence-corrected chi connectivity index (χ4v) is 5.33. The van der Waals surface area contributed by atoms with E-state index < -0.39 is 11.9 Å². The molecule has 238 valence electrons. The van der Waals surface area contributed by atoms with Crippen molar-refractivity contribution in [1.82, 2.24) is 0 Å². The Morgan fingerprint density at radius 2 is 0.841 bits per heavy atom. The molecule has 0 N–H and O–H groups in total. The summed E-state index contributed by atoms with van der Waals surface area (Å²) in [7, 11) is 0. The standard InChI is InChI=1S/C38H54N2O4/c1-3-5-7-9-11-13-15-17-27-39-29-19-21-35(31-39)43-37(41)33-23-25-34(26-24-33)38(42)44-36-22-20-30-40(32-36)28-18-16-14-12-10-8-6-4-2/h19-26,29-32H,3-18,27-28H2,1-2H3/q+2. The third-order valence-corrected chi connectivity index (χ3v) is 7.98. The van der Waals surface area contributed by atoms with E-state index in [1.165, 1.54) is 89.9 Å². The first-order chi connectivity index (χ1) is 21.6. The van der Waals surface area contributed by atoms with Gasteiger partial charge < -0.3 is 9.47 Å². The molecule has 3 aromatic rings. The fourth-order valence-electron chi connectivity index (χ4n) is 5.33. The number of aromatic nitrogens is 2. The van der Waals surface area contributed by atoms with Crippen LogP contribution in [0.15, 0.2) is 73.3 Å². The molecule has 3 rings (SSSR count). The Kier molecular flexibility index (Phi) is 16.8. The van der Waals surface area contributed by atoms with Crippen molar-refractivity contribution in [1.29, 1.82) is 0 Å². The summed E-state index contributed by atoms with van der Waals surface area (Å²) < 4.78 is 15.4. The first-order valence-corrected chi connectivity index (χ1v) is 17.1. The lowest BCUT2D eigenvalue weighted by Gasteiger charge is -2.06.